The van der Waals surface area contributed by atoms with E-state index in [0.717, 1.165) is 12.8 Å². The van der Waals surface area contributed by atoms with Crippen molar-refractivity contribution in [2.45, 2.75) is 85.0 Å². The summed E-state index contributed by atoms with van der Waals surface area (Å²) >= 11 is 5.48. The highest BCUT2D eigenvalue weighted by Gasteiger charge is 2.69. The minimum absolute atomic E-state index is 0.0282. The number of nitrogens with one attached hydrogen (secondary N) is 3. The van der Waals surface area contributed by atoms with E-state index in [0.29, 0.717) is 23.6 Å². The number of fused-ring (bicyclic) bond motifs is 1. The highest BCUT2D eigenvalue weighted by Crippen LogP contribution is 2.65. The Hall–Kier alpha value is -1.88. The standard InChI is InChI=1S/C22H35N5O2S/c1-12(10-23)24-18(28)16-15-14(22(15,5)6)11-27(16)19(29)17(21(2,3)4)26-20(30)25-13-8-7-9-13/h12-17H,7-9,11H2,1-6H3,(H,24,28)(H2,25,26,30)/t12-,14-,15-,16-,17+/m0/s1. The number of nitriles is 1. The monoisotopic (exact) mass is 433 g/mol. The summed E-state index contributed by atoms with van der Waals surface area (Å²) in [6.07, 6.45) is 3.39. The lowest BCUT2D eigenvalue weighted by atomic mass is 9.85. The molecule has 3 N–H and O–H groups in total. The number of carbonyl (C=O) groups is 2. The number of amides is 2. The molecule has 3 fully saturated rings. The zero-order valence-corrected chi connectivity index (χ0v) is 19.7. The summed E-state index contributed by atoms with van der Waals surface area (Å²) in [6.45, 7) is 12.5. The minimum Gasteiger partial charge on any atom is -0.360 e. The first kappa shape index (κ1) is 22.8. The maximum atomic E-state index is 13.7. The maximum absolute atomic E-state index is 13.7. The molecule has 3 rings (SSSR count). The van der Waals surface area contributed by atoms with Crippen LogP contribution in [0.3, 0.4) is 0 Å². The van der Waals surface area contributed by atoms with Crippen LogP contribution < -0.4 is 16.0 Å². The third-order valence-electron chi connectivity index (χ3n) is 7.14. The zero-order chi connectivity index (χ0) is 22.4. The number of nitrogens with zero attached hydrogens (tertiary/aromatic N) is 2. The van der Waals surface area contributed by atoms with Crippen LogP contribution in [0.15, 0.2) is 0 Å². The molecule has 7 nitrogen and oxygen atoms in total. The molecule has 30 heavy (non-hydrogen) atoms. The fourth-order valence-corrected chi connectivity index (χ4v) is 5.15. The Balaban J connectivity index is 1.77. The van der Waals surface area contributed by atoms with Gasteiger partial charge in [0.1, 0.15) is 18.1 Å². The molecule has 2 saturated carbocycles. The van der Waals surface area contributed by atoms with E-state index in [1.54, 1.807) is 11.8 Å². The summed E-state index contributed by atoms with van der Waals surface area (Å²) in [7, 11) is 0. The Bertz CT molecular complexity index is 764. The van der Waals surface area contributed by atoms with Crippen molar-refractivity contribution in [3.8, 4) is 6.07 Å². The van der Waals surface area contributed by atoms with Gasteiger partial charge in [-0.05, 0) is 61.1 Å². The summed E-state index contributed by atoms with van der Waals surface area (Å²) in [5, 5.41) is 18.9. The number of likely N-dealkylation sites (tertiary alicyclic amines) is 1. The summed E-state index contributed by atoms with van der Waals surface area (Å²) < 4.78 is 0. The van der Waals surface area contributed by atoms with Crippen LogP contribution in [0.2, 0.25) is 0 Å². The van der Waals surface area contributed by atoms with Gasteiger partial charge in [0.05, 0.1) is 6.07 Å². The predicted octanol–water partition coefficient (Wildman–Crippen LogP) is 1.93. The Kier molecular flexibility index (Phi) is 6.07. The van der Waals surface area contributed by atoms with Gasteiger partial charge in [-0.1, -0.05) is 34.6 Å². The van der Waals surface area contributed by atoms with Crippen molar-refractivity contribution in [2.75, 3.05) is 6.54 Å². The molecule has 1 saturated heterocycles. The van der Waals surface area contributed by atoms with Crippen molar-refractivity contribution in [3.63, 3.8) is 0 Å². The molecule has 166 valence electrons. The van der Waals surface area contributed by atoms with Crippen molar-refractivity contribution in [1.29, 1.82) is 5.26 Å². The molecule has 2 aliphatic carbocycles. The van der Waals surface area contributed by atoms with Crippen LogP contribution in [0.5, 0.6) is 0 Å². The smallest absolute Gasteiger partial charge is 0.246 e. The number of rotatable bonds is 5. The van der Waals surface area contributed by atoms with E-state index in [4.69, 9.17) is 17.5 Å². The van der Waals surface area contributed by atoms with Gasteiger partial charge in [0.15, 0.2) is 5.11 Å². The quantitative estimate of drug-likeness (QED) is 0.573. The van der Waals surface area contributed by atoms with E-state index >= 15 is 0 Å². The molecule has 0 bridgehead atoms. The number of hydrogen-bond donors (Lipinski definition) is 3. The lowest BCUT2D eigenvalue weighted by Gasteiger charge is -2.39. The van der Waals surface area contributed by atoms with Crippen molar-refractivity contribution >= 4 is 29.1 Å². The van der Waals surface area contributed by atoms with Gasteiger partial charge >= 0.3 is 0 Å². The van der Waals surface area contributed by atoms with Gasteiger partial charge in [-0.2, -0.15) is 5.26 Å². The predicted molar refractivity (Wildman–Crippen MR) is 119 cm³/mol. The third kappa shape index (κ3) is 4.27. The molecular weight excluding hydrogens is 398 g/mol. The first-order chi connectivity index (χ1) is 13.9. The molecule has 0 radical (unpaired) electrons. The fraction of sp³-hybridized carbons (Fsp3) is 0.818. The molecule has 0 unspecified atom stereocenters. The topological polar surface area (TPSA) is 97.3 Å². The van der Waals surface area contributed by atoms with Crippen LogP contribution in [-0.4, -0.2) is 52.5 Å². The number of carbonyl (C=O) groups excluding carboxylic acids is 2. The Morgan fingerprint density at radius 2 is 1.87 bits per heavy atom. The van der Waals surface area contributed by atoms with Gasteiger partial charge in [-0.3, -0.25) is 9.59 Å². The van der Waals surface area contributed by atoms with E-state index in [-0.39, 0.29) is 28.6 Å². The summed E-state index contributed by atoms with van der Waals surface area (Å²) in [5.74, 6) is 0.0783. The van der Waals surface area contributed by atoms with Gasteiger partial charge in [0, 0.05) is 12.6 Å². The second-order valence-corrected chi connectivity index (χ2v) is 11.2. The van der Waals surface area contributed by atoms with E-state index in [1.165, 1.54) is 6.42 Å². The molecule has 1 aliphatic heterocycles. The minimum atomic E-state index is -0.592. The average molecular weight is 434 g/mol. The summed E-state index contributed by atoms with van der Waals surface area (Å²) in [4.78, 5) is 28.4. The second kappa shape index (κ2) is 7.99. The normalized spacial score (nSPS) is 29.0. The van der Waals surface area contributed by atoms with Gasteiger partial charge in [-0.25, -0.2) is 0 Å². The average Bonchev–Trinajstić information content (AvgIpc) is 2.96. The fourth-order valence-electron chi connectivity index (χ4n) is 4.87. The molecule has 0 aromatic rings. The zero-order valence-electron chi connectivity index (χ0n) is 18.9. The summed E-state index contributed by atoms with van der Waals surface area (Å²) in [5.41, 5.74) is -0.355. The van der Waals surface area contributed by atoms with Gasteiger partial charge < -0.3 is 20.9 Å². The number of thiocarbonyl (C=S) groups is 1. The van der Waals surface area contributed by atoms with Crippen LogP contribution in [0.25, 0.3) is 0 Å². The molecule has 1 heterocycles. The van der Waals surface area contributed by atoms with E-state index < -0.39 is 18.1 Å². The Morgan fingerprint density at radius 1 is 1.23 bits per heavy atom. The lowest BCUT2D eigenvalue weighted by Crippen LogP contribution is -2.61. The van der Waals surface area contributed by atoms with E-state index in [9.17, 15) is 9.59 Å². The molecular formula is C22H35N5O2S. The van der Waals surface area contributed by atoms with Crippen molar-refractivity contribution in [1.82, 2.24) is 20.9 Å². The molecule has 2 amide bonds. The van der Waals surface area contributed by atoms with Crippen molar-refractivity contribution < 1.29 is 9.59 Å². The van der Waals surface area contributed by atoms with Crippen LogP contribution in [-0.2, 0) is 9.59 Å². The molecule has 3 aliphatic rings. The van der Waals surface area contributed by atoms with Crippen LogP contribution in [0.4, 0.5) is 0 Å². The van der Waals surface area contributed by atoms with Crippen molar-refractivity contribution in [2.24, 2.45) is 22.7 Å². The molecule has 0 aromatic heterocycles. The van der Waals surface area contributed by atoms with Crippen LogP contribution in [0.1, 0.15) is 60.8 Å². The van der Waals surface area contributed by atoms with Gasteiger partial charge in [-0.15, -0.1) is 0 Å². The largest absolute Gasteiger partial charge is 0.360 e. The highest BCUT2D eigenvalue weighted by molar-refractivity contribution is 7.80. The summed E-state index contributed by atoms with van der Waals surface area (Å²) in [6, 6.07) is 0.744. The Morgan fingerprint density at radius 3 is 2.37 bits per heavy atom. The lowest BCUT2D eigenvalue weighted by molar-refractivity contribution is -0.143. The molecule has 0 aromatic carbocycles. The molecule has 0 spiro atoms. The third-order valence-corrected chi connectivity index (χ3v) is 7.38. The molecule has 5 atom stereocenters. The second-order valence-electron chi connectivity index (χ2n) is 10.8. The first-order valence-electron chi connectivity index (χ1n) is 11.0. The van der Waals surface area contributed by atoms with E-state index in [1.807, 2.05) is 26.8 Å². The van der Waals surface area contributed by atoms with E-state index in [2.05, 4.69) is 29.8 Å². The van der Waals surface area contributed by atoms with Crippen molar-refractivity contribution in [3.05, 3.63) is 0 Å². The highest BCUT2D eigenvalue weighted by atomic mass is 32.1. The van der Waals surface area contributed by atoms with Gasteiger partial charge in [0.25, 0.3) is 0 Å². The number of hydrogen-bond acceptors (Lipinski definition) is 4. The van der Waals surface area contributed by atoms with Crippen LogP contribution in [0, 0.1) is 34.0 Å². The number of piperidine rings is 1. The van der Waals surface area contributed by atoms with Crippen LogP contribution >= 0.6 is 12.2 Å². The first-order valence-corrected chi connectivity index (χ1v) is 11.4. The Labute approximate surface area is 185 Å². The van der Waals surface area contributed by atoms with Gasteiger partial charge in [0.2, 0.25) is 11.8 Å². The molecule has 8 heteroatoms. The maximum Gasteiger partial charge on any atom is 0.246 e. The SMILES string of the molecule is C[C@@H](C#N)NC(=O)[C@@H]1[C@@H]2[C@H](CN1C(=O)[C@@H](NC(=S)NC1CCC1)C(C)(C)C)C2(C)C.